The lowest BCUT2D eigenvalue weighted by Gasteiger charge is -2.07. The van der Waals surface area contributed by atoms with Gasteiger partial charge in [0.2, 0.25) is 0 Å². The summed E-state index contributed by atoms with van der Waals surface area (Å²) in [6, 6.07) is 6.39. The summed E-state index contributed by atoms with van der Waals surface area (Å²) < 4.78 is 15.0. The highest BCUT2D eigenvalue weighted by Crippen LogP contribution is 2.19. The first-order chi connectivity index (χ1) is 9.02. The van der Waals surface area contributed by atoms with E-state index in [1.54, 1.807) is 12.1 Å². The van der Waals surface area contributed by atoms with E-state index in [1.807, 2.05) is 31.6 Å². The van der Waals surface area contributed by atoms with Crippen molar-refractivity contribution in [3.63, 3.8) is 0 Å². The van der Waals surface area contributed by atoms with E-state index in [4.69, 9.17) is 5.26 Å². The number of anilines is 1. The smallest absolute Gasteiger partial charge is 0.140 e. The maximum atomic E-state index is 13.2. The molecule has 0 radical (unpaired) electrons. The van der Waals surface area contributed by atoms with Crippen molar-refractivity contribution in [3.8, 4) is 6.07 Å². The summed E-state index contributed by atoms with van der Waals surface area (Å²) in [5, 5.41) is 16.4. The summed E-state index contributed by atoms with van der Waals surface area (Å²) >= 11 is 0. The second-order valence-corrected chi connectivity index (χ2v) is 4.45. The van der Waals surface area contributed by atoms with Gasteiger partial charge in [0.1, 0.15) is 11.9 Å². The monoisotopic (exact) mass is 258 g/mol. The molecule has 0 amide bonds. The van der Waals surface area contributed by atoms with Crippen LogP contribution in [0.2, 0.25) is 0 Å². The van der Waals surface area contributed by atoms with E-state index in [1.165, 1.54) is 6.07 Å². The van der Waals surface area contributed by atoms with Crippen molar-refractivity contribution in [1.82, 2.24) is 9.78 Å². The molecule has 1 N–H and O–H groups in total. The van der Waals surface area contributed by atoms with Crippen LogP contribution in [-0.2, 0) is 13.6 Å². The molecular weight excluding hydrogens is 243 g/mol. The normalized spacial score (nSPS) is 10.3. The summed E-state index contributed by atoms with van der Waals surface area (Å²) in [4.78, 5) is 0. The molecule has 0 aliphatic carbocycles. The zero-order valence-corrected chi connectivity index (χ0v) is 11.2. The van der Waals surface area contributed by atoms with E-state index in [9.17, 15) is 4.39 Å². The summed E-state index contributed by atoms with van der Waals surface area (Å²) in [6.45, 7) is 4.44. The minimum absolute atomic E-state index is 0.0685. The van der Waals surface area contributed by atoms with Crippen LogP contribution in [0, 0.1) is 31.0 Å². The van der Waals surface area contributed by atoms with Crippen molar-refractivity contribution in [3.05, 3.63) is 46.5 Å². The average Bonchev–Trinajstić information content (AvgIpc) is 2.63. The van der Waals surface area contributed by atoms with E-state index in [2.05, 4.69) is 10.4 Å². The largest absolute Gasteiger partial charge is 0.378 e. The summed E-state index contributed by atoms with van der Waals surface area (Å²) in [5.74, 6) is -0.486. The molecule has 2 rings (SSSR count). The zero-order chi connectivity index (χ0) is 14.0. The van der Waals surface area contributed by atoms with Gasteiger partial charge < -0.3 is 5.32 Å². The molecule has 0 saturated heterocycles. The lowest BCUT2D eigenvalue weighted by atomic mass is 10.1. The molecule has 5 heteroatoms. The van der Waals surface area contributed by atoms with Gasteiger partial charge in [0.25, 0.3) is 0 Å². The molecule has 0 atom stereocenters. The van der Waals surface area contributed by atoms with Crippen LogP contribution in [0.25, 0.3) is 0 Å². The number of benzene rings is 1. The lowest BCUT2D eigenvalue weighted by molar-refractivity contribution is 0.623. The number of hydrogen-bond acceptors (Lipinski definition) is 3. The Labute approximate surface area is 111 Å². The number of nitrogens with one attached hydrogen (secondary N) is 1. The first kappa shape index (κ1) is 13.1. The van der Waals surface area contributed by atoms with E-state index < -0.39 is 5.82 Å². The predicted molar refractivity (Wildman–Crippen MR) is 71.1 cm³/mol. The Bertz CT molecular complexity index is 652. The quantitative estimate of drug-likeness (QED) is 0.920. The van der Waals surface area contributed by atoms with Crippen molar-refractivity contribution in [2.75, 3.05) is 5.32 Å². The van der Waals surface area contributed by atoms with Gasteiger partial charge in [0.05, 0.1) is 22.6 Å². The Morgan fingerprint density at radius 3 is 2.74 bits per heavy atom. The molecular formula is C14H15FN4. The van der Waals surface area contributed by atoms with Gasteiger partial charge >= 0.3 is 0 Å². The number of nitrogens with zero attached hydrogens (tertiary/aromatic N) is 3. The van der Waals surface area contributed by atoms with Gasteiger partial charge in [-0.15, -0.1) is 0 Å². The molecule has 98 valence electrons. The fourth-order valence-corrected chi connectivity index (χ4v) is 1.99. The summed E-state index contributed by atoms with van der Waals surface area (Å²) in [7, 11) is 1.89. The minimum Gasteiger partial charge on any atom is -0.378 e. The number of aryl methyl sites for hydroxylation is 2. The van der Waals surface area contributed by atoms with Gasteiger partial charge in [-0.1, -0.05) is 6.07 Å². The molecule has 1 aromatic heterocycles. The van der Waals surface area contributed by atoms with Gasteiger partial charge in [-0.3, -0.25) is 4.68 Å². The van der Waals surface area contributed by atoms with Crippen LogP contribution in [0.5, 0.6) is 0 Å². The Kier molecular flexibility index (Phi) is 3.52. The maximum absolute atomic E-state index is 13.2. The van der Waals surface area contributed by atoms with E-state index in [0.717, 1.165) is 22.6 Å². The molecule has 0 unspecified atom stereocenters. The van der Waals surface area contributed by atoms with Crippen molar-refractivity contribution in [2.24, 2.45) is 7.05 Å². The van der Waals surface area contributed by atoms with Crippen LogP contribution >= 0.6 is 0 Å². The highest BCUT2D eigenvalue weighted by atomic mass is 19.1. The molecule has 0 fully saturated rings. The number of halogens is 1. The second-order valence-electron chi connectivity index (χ2n) is 4.45. The minimum atomic E-state index is -0.486. The maximum Gasteiger partial charge on any atom is 0.140 e. The van der Waals surface area contributed by atoms with Gasteiger partial charge in [-0.05, 0) is 31.5 Å². The van der Waals surface area contributed by atoms with Gasteiger partial charge in [0, 0.05) is 13.6 Å². The average molecular weight is 258 g/mol. The highest BCUT2D eigenvalue weighted by Gasteiger charge is 2.09. The third kappa shape index (κ3) is 2.58. The molecule has 0 saturated carbocycles. The van der Waals surface area contributed by atoms with Gasteiger partial charge in [0.15, 0.2) is 0 Å². The van der Waals surface area contributed by atoms with Crippen LogP contribution in [0.3, 0.4) is 0 Å². The number of rotatable bonds is 3. The van der Waals surface area contributed by atoms with E-state index in [0.29, 0.717) is 6.54 Å². The summed E-state index contributed by atoms with van der Waals surface area (Å²) in [5.41, 5.74) is 3.87. The molecule has 1 heterocycles. The molecule has 0 aliphatic rings. The first-order valence-electron chi connectivity index (χ1n) is 5.95. The number of hydrogen-bond donors (Lipinski definition) is 1. The topological polar surface area (TPSA) is 53.6 Å². The second kappa shape index (κ2) is 5.11. The van der Waals surface area contributed by atoms with Crippen LogP contribution in [0.15, 0.2) is 18.2 Å². The Morgan fingerprint density at radius 2 is 2.16 bits per heavy atom. The Hall–Kier alpha value is -2.35. The molecule has 0 spiro atoms. The number of aromatic nitrogens is 2. The highest BCUT2D eigenvalue weighted by molar-refractivity contribution is 5.52. The van der Waals surface area contributed by atoms with Crippen molar-refractivity contribution in [1.29, 1.82) is 5.26 Å². The van der Waals surface area contributed by atoms with Gasteiger partial charge in [-0.25, -0.2) is 4.39 Å². The van der Waals surface area contributed by atoms with Crippen molar-refractivity contribution >= 4 is 5.69 Å². The van der Waals surface area contributed by atoms with Gasteiger partial charge in [-0.2, -0.15) is 10.4 Å². The molecule has 19 heavy (non-hydrogen) atoms. The molecule has 2 aromatic rings. The number of nitriles is 1. The van der Waals surface area contributed by atoms with E-state index >= 15 is 0 Å². The first-order valence-corrected chi connectivity index (χ1v) is 5.95. The Morgan fingerprint density at radius 1 is 1.42 bits per heavy atom. The standard InChI is InChI=1S/C14H15FN4/c1-9-14(10(2)19(3)18-9)17-8-11-4-5-13(15)12(6-11)7-16/h4-6,17H,8H2,1-3H3. The molecule has 1 aromatic carbocycles. The zero-order valence-electron chi connectivity index (χ0n) is 11.2. The SMILES string of the molecule is Cc1nn(C)c(C)c1NCc1ccc(F)c(C#N)c1. The fourth-order valence-electron chi connectivity index (χ4n) is 1.99. The predicted octanol–water partition coefficient (Wildman–Crippen LogP) is 2.66. The van der Waals surface area contributed by atoms with Crippen LogP contribution in [-0.4, -0.2) is 9.78 Å². The molecule has 0 bridgehead atoms. The lowest BCUT2D eigenvalue weighted by Crippen LogP contribution is -2.02. The Balaban J connectivity index is 2.17. The molecule has 0 aliphatic heterocycles. The van der Waals surface area contributed by atoms with Crippen molar-refractivity contribution in [2.45, 2.75) is 20.4 Å². The van der Waals surface area contributed by atoms with Crippen LogP contribution in [0.1, 0.15) is 22.5 Å². The third-order valence-corrected chi connectivity index (χ3v) is 3.13. The third-order valence-electron chi connectivity index (χ3n) is 3.13. The van der Waals surface area contributed by atoms with E-state index in [-0.39, 0.29) is 5.56 Å². The molecule has 4 nitrogen and oxygen atoms in total. The van der Waals surface area contributed by atoms with Crippen LogP contribution < -0.4 is 5.32 Å². The van der Waals surface area contributed by atoms with Crippen LogP contribution in [0.4, 0.5) is 10.1 Å². The fraction of sp³-hybridized carbons (Fsp3) is 0.286. The summed E-state index contributed by atoms with van der Waals surface area (Å²) in [6.07, 6.45) is 0. The van der Waals surface area contributed by atoms with Crippen molar-refractivity contribution < 1.29 is 4.39 Å².